The smallest absolute Gasteiger partial charge is 0.227 e. The van der Waals surface area contributed by atoms with E-state index in [-0.39, 0.29) is 11.8 Å². The molecule has 0 radical (unpaired) electrons. The Morgan fingerprint density at radius 3 is 2.58 bits per heavy atom. The van der Waals surface area contributed by atoms with E-state index in [1.54, 1.807) is 18.7 Å². The van der Waals surface area contributed by atoms with Crippen molar-refractivity contribution in [3.63, 3.8) is 0 Å². The molecule has 2 aromatic rings. The third-order valence-corrected chi connectivity index (χ3v) is 5.42. The van der Waals surface area contributed by atoms with Gasteiger partial charge in [-0.3, -0.25) is 4.79 Å². The van der Waals surface area contributed by atoms with Gasteiger partial charge in [0, 0.05) is 36.8 Å². The number of benzene rings is 1. The number of aromatic nitrogens is 3. The van der Waals surface area contributed by atoms with Crippen LogP contribution in [0.4, 0.5) is 11.6 Å². The highest BCUT2D eigenvalue weighted by atomic mass is 32.2. The van der Waals surface area contributed by atoms with E-state index in [1.165, 1.54) is 0 Å². The minimum Gasteiger partial charge on any atom is -0.378 e. The van der Waals surface area contributed by atoms with Gasteiger partial charge in [-0.25, -0.2) is 4.68 Å². The number of hydrogen-bond donors (Lipinski definition) is 1. The molecule has 1 aromatic heterocycles. The average molecular weight is 372 g/mol. The number of nitrogens with zero attached hydrogens (tertiary/aromatic N) is 4. The number of hydrogen-bond acceptors (Lipinski definition) is 6. The van der Waals surface area contributed by atoms with E-state index >= 15 is 0 Å². The highest BCUT2D eigenvalue weighted by molar-refractivity contribution is 7.99. The molecule has 1 aromatic carbocycles. The molecule has 0 amide bonds. The number of thioether (sulfide) groups is 1. The molecule has 0 spiro atoms. The van der Waals surface area contributed by atoms with Gasteiger partial charge in [0.05, 0.1) is 0 Å². The second-order valence-corrected chi connectivity index (χ2v) is 7.68. The van der Waals surface area contributed by atoms with Gasteiger partial charge in [0.25, 0.3) is 0 Å². The molecule has 0 saturated carbocycles. The van der Waals surface area contributed by atoms with Crippen molar-refractivity contribution in [3.05, 3.63) is 41.1 Å². The lowest BCUT2D eigenvalue weighted by molar-refractivity contribution is -0.114. The molecule has 1 unspecified atom stereocenters. The van der Waals surface area contributed by atoms with Gasteiger partial charge in [-0.1, -0.05) is 30.8 Å². The average Bonchev–Trinajstić information content (AvgIpc) is 3.00. The maximum Gasteiger partial charge on any atom is 0.227 e. The summed E-state index contributed by atoms with van der Waals surface area (Å²) in [5.41, 5.74) is 3.71. The van der Waals surface area contributed by atoms with Crippen LogP contribution in [-0.2, 0) is 4.79 Å². The third-order valence-electron chi connectivity index (χ3n) is 4.37. The summed E-state index contributed by atoms with van der Waals surface area (Å²) in [5.74, 6) is 1.70. The van der Waals surface area contributed by atoms with E-state index in [0.717, 1.165) is 39.9 Å². The molecule has 3 rings (SSSR count). The van der Waals surface area contributed by atoms with Crippen LogP contribution in [0.1, 0.15) is 38.8 Å². The molecular formula is C19H25N5OS. The molecule has 2 heterocycles. The summed E-state index contributed by atoms with van der Waals surface area (Å²) in [4.78, 5) is 19.0. The summed E-state index contributed by atoms with van der Waals surface area (Å²) in [6.45, 7) is 5.67. The first kappa shape index (κ1) is 18.5. The number of nitrogens with one attached hydrogen (secondary N) is 1. The molecule has 1 aliphatic rings. The Kier molecular flexibility index (Phi) is 5.36. The van der Waals surface area contributed by atoms with Gasteiger partial charge < -0.3 is 10.2 Å². The summed E-state index contributed by atoms with van der Waals surface area (Å²) in [7, 11) is 4.02. The Labute approximate surface area is 158 Å². The van der Waals surface area contributed by atoms with E-state index in [2.05, 4.69) is 51.5 Å². The van der Waals surface area contributed by atoms with Crippen molar-refractivity contribution in [2.24, 2.45) is 0 Å². The predicted octanol–water partition coefficient (Wildman–Crippen LogP) is 3.72. The number of carbonyl (C=O) groups excluding carboxylic acids is 1. The van der Waals surface area contributed by atoms with E-state index < -0.39 is 0 Å². The lowest BCUT2D eigenvalue weighted by atomic mass is 9.93. The Morgan fingerprint density at radius 2 is 2.00 bits per heavy atom. The molecule has 26 heavy (non-hydrogen) atoms. The van der Waals surface area contributed by atoms with Crippen LogP contribution in [0.3, 0.4) is 0 Å². The quantitative estimate of drug-likeness (QED) is 0.781. The summed E-state index contributed by atoms with van der Waals surface area (Å²) in [6, 6.07) is 7.99. The first-order chi connectivity index (χ1) is 12.4. The molecule has 138 valence electrons. The van der Waals surface area contributed by atoms with Gasteiger partial charge >= 0.3 is 0 Å². The number of carbonyl (C=O) groups is 1. The maximum atomic E-state index is 12.4. The normalized spacial score (nSPS) is 16.3. The van der Waals surface area contributed by atoms with Crippen LogP contribution < -0.4 is 10.2 Å². The third kappa shape index (κ3) is 3.49. The van der Waals surface area contributed by atoms with Crippen LogP contribution in [-0.4, -0.2) is 40.4 Å². The van der Waals surface area contributed by atoms with Crippen LogP contribution in [0.2, 0.25) is 0 Å². The van der Waals surface area contributed by atoms with Gasteiger partial charge in [0.15, 0.2) is 5.78 Å². The number of rotatable bonds is 6. The molecule has 0 bridgehead atoms. The lowest BCUT2D eigenvalue weighted by Gasteiger charge is -2.28. The summed E-state index contributed by atoms with van der Waals surface area (Å²) < 4.78 is 1.84. The lowest BCUT2D eigenvalue weighted by Crippen LogP contribution is -2.27. The standard InChI is InChI=1S/C19H25N5OS/c1-6-11-26-19-21-18-20-12(2)16(13(3)25)17(24(18)22-19)14-7-9-15(10-8-14)23(4)5/h7-10,17H,6,11H2,1-5H3,(H,20,21,22). The largest absolute Gasteiger partial charge is 0.378 e. The highest BCUT2D eigenvalue weighted by Crippen LogP contribution is 2.36. The Balaban J connectivity index is 2.07. The molecular weight excluding hydrogens is 346 g/mol. The molecule has 1 atom stereocenters. The Bertz CT molecular complexity index is 838. The van der Waals surface area contributed by atoms with E-state index in [4.69, 9.17) is 0 Å². The molecule has 0 saturated heterocycles. The fourth-order valence-electron chi connectivity index (χ4n) is 3.11. The van der Waals surface area contributed by atoms with Gasteiger partial charge in [-0.15, -0.1) is 5.10 Å². The topological polar surface area (TPSA) is 63.1 Å². The fourth-order valence-corrected chi connectivity index (χ4v) is 3.79. The van der Waals surface area contributed by atoms with Crippen molar-refractivity contribution in [1.29, 1.82) is 0 Å². The zero-order valence-electron chi connectivity index (χ0n) is 15.9. The van der Waals surface area contributed by atoms with Gasteiger partial charge in [0.2, 0.25) is 11.1 Å². The Morgan fingerprint density at radius 1 is 1.31 bits per heavy atom. The molecule has 0 fully saturated rings. The zero-order chi connectivity index (χ0) is 18.8. The summed E-state index contributed by atoms with van der Waals surface area (Å²) in [5, 5.41) is 8.66. The van der Waals surface area contributed by atoms with Crippen molar-refractivity contribution in [2.45, 2.75) is 38.4 Å². The molecule has 7 heteroatoms. The molecule has 1 aliphatic heterocycles. The van der Waals surface area contributed by atoms with E-state index in [9.17, 15) is 4.79 Å². The van der Waals surface area contributed by atoms with Crippen LogP contribution in [0.5, 0.6) is 0 Å². The predicted molar refractivity (Wildman–Crippen MR) is 107 cm³/mol. The molecule has 0 aliphatic carbocycles. The van der Waals surface area contributed by atoms with Crippen LogP contribution >= 0.6 is 11.8 Å². The maximum absolute atomic E-state index is 12.4. The number of ketones is 1. The second-order valence-electron chi connectivity index (χ2n) is 6.62. The van der Waals surface area contributed by atoms with Crippen molar-refractivity contribution >= 4 is 29.2 Å². The van der Waals surface area contributed by atoms with Gasteiger partial charge in [-0.2, -0.15) is 4.98 Å². The van der Waals surface area contributed by atoms with E-state index in [1.807, 2.05) is 25.7 Å². The van der Waals surface area contributed by atoms with Gasteiger partial charge in [0.1, 0.15) is 6.04 Å². The minimum atomic E-state index is -0.261. The summed E-state index contributed by atoms with van der Waals surface area (Å²) >= 11 is 1.64. The number of fused-ring (bicyclic) bond motifs is 1. The second kappa shape index (κ2) is 7.53. The SMILES string of the molecule is CCCSc1nc2n(n1)C(c1ccc(N(C)C)cc1)C(C(C)=O)=C(C)N2. The van der Waals surface area contributed by atoms with E-state index in [0.29, 0.717) is 5.95 Å². The van der Waals surface area contributed by atoms with Crippen molar-refractivity contribution in [1.82, 2.24) is 14.8 Å². The van der Waals surface area contributed by atoms with Crippen molar-refractivity contribution in [2.75, 3.05) is 30.1 Å². The number of anilines is 2. The van der Waals surface area contributed by atoms with Crippen LogP contribution in [0.15, 0.2) is 40.7 Å². The highest BCUT2D eigenvalue weighted by Gasteiger charge is 2.32. The Hall–Kier alpha value is -2.28. The number of allylic oxidation sites excluding steroid dienone is 2. The first-order valence-electron chi connectivity index (χ1n) is 8.77. The van der Waals surface area contributed by atoms with Crippen LogP contribution in [0, 0.1) is 0 Å². The minimum absolute atomic E-state index is 0.0422. The first-order valence-corrected chi connectivity index (χ1v) is 9.76. The molecule has 1 N–H and O–H groups in total. The zero-order valence-corrected chi connectivity index (χ0v) is 16.7. The van der Waals surface area contributed by atoms with Crippen molar-refractivity contribution in [3.8, 4) is 0 Å². The summed E-state index contributed by atoms with van der Waals surface area (Å²) in [6.07, 6.45) is 1.06. The van der Waals surface area contributed by atoms with Crippen LogP contribution in [0.25, 0.3) is 0 Å². The monoisotopic (exact) mass is 371 g/mol. The molecule has 6 nitrogen and oxygen atoms in total. The fraction of sp³-hybridized carbons (Fsp3) is 0.421. The van der Waals surface area contributed by atoms with Crippen molar-refractivity contribution < 1.29 is 4.79 Å². The van der Waals surface area contributed by atoms with Gasteiger partial charge in [-0.05, 0) is 38.0 Å². The number of Topliss-reactive ketones (excluding diaryl/α,β-unsaturated/α-hetero) is 1.